The molecular formula is C23H20N4O. The number of aromatic nitrogens is 1. The number of benzene rings is 3. The number of carbonyl (C=O) groups is 1. The lowest BCUT2D eigenvalue weighted by Crippen LogP contribution is -2.17. The minimum absolute atomic E-state index is 0.245. The Morgan fingerprint density at radius 2 is 1.68 bits per heavy atom. The van der Waals surface area contributed by atoms with Crippen LogP contribution in [0.3, 0.4) is 0 Å². The van der Waals surface area contributed by atoms with Gasteiger partial charge in [0.15, 0.2) is 0 Å². The van der Waals surface area contributed by atoms with Gasteiger partial charge in [-0.15, -0.1) is 0 Å². The molecular weight excluding hydrogens is 348 g/mol. The summed E-state index contributed by atoms with van der Waals surface area (Å²) in [6.45, 7) is 0.737. The van der Waals surface area contributed by atoms with Gasteiger partial charge in [-0.2, -0.15) is 5.10 Å². The third-order valence-corrected chi connectivity index (χ3v) is 4.48. The van der Waals surface area contributed by atoms with Gasteiger partial charge in [0.05, 0.1) is 6.21 Å². The van der Waals surface area contributed by atoms with Gasteiger partial charge in [-0.05, 0) is 35.9 Å². The van der Waals surface area contributed by atoms with E-state index >= 15 is 0 Å². The SMILES string of the molecule is O=C(N/N=C/c1c[nH]c2ccccc12)c1ccc(NCc2ccccc2)cc1. The van der Waals surface area contributed by atoms with E-state index in [0.29, 0.717) is 5.56 Å². The maximum absolute atomic E-state index is 12.3. The number of aromatic amines is 1. The maximum atomic E-state index is 12.3. The number of anilines is 1. The molecule has 3 aromatic carbocycles. The number of hydrogen-bond acceptors (Lipinski definition) is 3. The molecule has 4 aromatic rings. The molecule has 0 saturated carbocycles. The summed E-state index contributed by atoms with van der Waals surface area (Å²) in [6, 6.07) is 25.5. The molecule has 0 spiro atoms. The predicted octanol–water partition coefficient (Wildman–Crippen LogP) is 4.54. The van der Waals surface area contributed by atoms with Crippen LogP contribution in [-0.4, -0.2) is 17.1 Å². The lowest BCUT2D eigenvalue weighted by molar-refractivity contribution is 0.0955. The maximum Gasteiger partial charge on any atom is 0.271 e. The average molecular weight is 368 g/mol. The van der Waals surface area contributed by atoms with E-state index in [1.807, 2.05) is 60.8 Å². The third kappa shape index (κ3) is 4.10. The standard InChI is InChI=1S/C23H20N4O/c28-23(27-26-16-19-15-25-22-9-5-4-8-21(19)22)18-10-12-20(13-11-18)24-14-17-6-2-1-3-7-17/h1-13,15-16,24-25H,14H2,(H,27,28)/b26-16+. The van der Waals surface area contributed by atoms with Crippen LogP contribution in [0.5, 0.6) is 0 Å². The number of amides is 1. The van der Waals surface area contributed by atoms with Crippen molar-refractivity contribution in [2.24, 2.45) is 5.10 Å². The second kappa shape index (κ2) is 8.22. The lowest BCUT2D eigenvalue weighted by Gasteiger charge is -2.07. The highest BCUT2D eigenvalue weighted by atomic mass is 16.2. The fraction of sp³-hybridized carbons (Fsp3) is 0.0435. The summed E-state index contributed by atoms with van der Waals surface area (Å²) in [5.74, 6) is -0.245. The van der Waals surface area contributed by atoms with Crippen molar-refractivity contribution in [1.29, 1.82) is 0 Å². The smallest absolute Gasteiger partial charge is 0.271 e. The number of rotatable bonds is 6. The number of nitrogens with one attached hydrogen (secondary N) is 3. The Morgan fingerprint density at radius 1 is 0.929 bits per heavy atom. The third-order valence-electron chi connectivity index (χ3n) is 4.48. The zero-order chi connectivity index (χ0) is 19.2. The van der Waals surface area contributed by atoms with Crippen molar-refractivity contribution in [2.75, 3.05) is 5.32 Å². The largest absolute Gasteiger partial charge is 0.381 e. The van der Waals surface area contributed by atoms with Gasteiger partial charge in [-0.3, -0.25) is 4.79 Å². The molecule has 0 aliphatic rings. The summed E-state index contributed by atoms with van der Waals surface area (Å²) in [5.41, 5.74) is 7.26. The van der Waals surface area contributed by atoms with Crippen molar-refractivity contribution < 1.29 is 4.79 Å². The molecule has 1 aromatic heterocycles. The van der Waals surface area contributed by atoms with E-state index in [4.69, 9.17) is 0 Å². The zero-order valence-corrected chi connectivity index (χ0v) is 15.2. The Kier molecular flexibility index (Phi) is 5.15. The van der Waals surface area contributed by atoms with Gasteiger partial charge < -0.3 is 10.3 Å². The zero-order valence-electron chi connectivity index (χ0n) is 15.2. The van der Waals surface area contributed by atoms with Crippen molar-refractivity contribution in [3.63, 3.8) is 0 Å². The lowest BCUT2D eigenvalue weighted by atomic mass is 10.2. The van der Waals surface area contributed by atoms with Crippen LogP contribution in [0.2, 0.25) is 0 Å². The number of hydrazone groups is 1. The molecule has 5 heteroatoms. The van der Waals surface area contributed by atoms with Gasteiger partial charge in [0, 0.05) is 40.5 Å². The van der Waals surface area contributed by atoms with Crippen LogP contribution in [0.25, 0.3) is 10.9 Å². The van der Waals surface area contributed by atoms with Crippen LogP contribution >= 0.6 is 0 Å². The molecule has 0 radical (unpaired) electrons. The number of fused-ring (bicyclic) bond motifs is 1. The van der Waals surface area contributed by atoms with Gasteiger partial charge in [0.25, 0.3) is 5.91 Å². The molecule has 0 aliphatic heterocycles. The minimum Gasteiger partial charge on any atom is -0.381 e. The van der Waals surface area contributed by atoms with Crippen LogP contribution in [0.1, 0.15) is 21.5 Å². The molecule has 28 heavy (non-hydrogen) atoms. The van der Waals surface area contributed by atoms with Crippen LogP contribution in [0.4, 0.5) is 5.69 Å². The fourth-order valence-electron chi connectivity index (χ4n) is 2.97. The monoisotopic (exact) mass is 368 g/mol. The van der Waals surface area contributed by atoms with E-state index in [9.17, 15) is 4.79 Å². The molecule has 0 unspecified atom stereocenters. The number of hydrogen-bond donors (Lipinski definition) is 3. The van der Waals surface area contributed by atoms with Crippen molar-refractivity contribution >= 4 is 28.7 Å². The van der Waals surface area contributed by atoms with Crippen molar-refractivity contribution in [2.45, 2.75) is 6.54 Å². The van der Waals surface area contributed by atoms with E-state index in [1.54, 1.807) is 18.3 Å². The first-order valence-corrected chi connectivity index (χ1v) is 9.07. The van der Waals surface area contributed by atoms with Crippen molar-refractivity contribution in [1.82, 2.24) is 10.4 Å². The number of carbonyl (C=O) groups excluding carboxylic acids is 1. The van der Waals surface area contributed by atoms with Crippen LogP contribution < -0.4 is 10.7 Å². The van der Waals surface area contributed by atoms with Gasteiger partial charge in [0.2, 0.25) is 0 Å². The highest BCUT2D eigenvalue weighted by molar-refractivity contribution is 6.00. The second-order valence-electron chi connectivity index (χ2n) is 6.41. The Bertz CT molecular complexity index is 1100. The molecule has 0 aliphatic carbocycles. The Labute approximate surface area is 163 Å². The number of H-pyrrole nitrogens is 1. The first kappa shape index (κ1) is 17.5. The Morgan fingerprint density at radius 3 is 2.50 bits per heavy atom. The van der Waals surface area contributed by atoms with Gasteiger partial charge in [-0.25, -0.2) is 5.43 Å². The van der Waals surface area contributed by atoms with Crippen molar-refractivity contribution in [3.8, 4) is 0 Å². The molecule has 4 rings (SSSR count). The van der Waals surface area contributed by atoms with Crippen LogP contribution in [-0.2, 0) is 6.54 Å². The summed E-state index contributed by atoms with van der Waals surface area (Å²) in [7, 11) is 0. The molecule has 1 heterocycles. The summed E-state index contributed by atoms with van der Waals surface area (Å²) in [5, 5.41) is 8.48. The summed E-state index contributed by atoms with van der Waals surface area (Å²) < 4.78 is 0. The molecule has 138 valence electrons. The van der Waals surface area contributed by atoms with E-state index in [2.05, 4.69) is 33.0 Å². The average Bonchev–Trinajstić information content (AvgIpc) is 3.16. The molecule has 0 fully saturated rings. The van der Waals surface area contributed by atoms with E-state index < -0.39 is 0 Å². The first-order valence-electron chi connectivity index (χ1n) is 9.07. The van der Waals surface area contributed by atoms with Gasteiger partial charge in [-0.1, -0.05) is 48.5 Å². The van der Waals surface area contributed by atoms with Crippen LogP contribution in [0.15, 0.2) is 90.2 Å². The van der Waals surface area contributed by atoms with Gasteiger partial charge in [0.1, 0.15) is 0 Å². The van der Waals surface area contributed by atoms with Crippen LogP contribution in [0, 0.1) is 0 Å². The molecule has 3 N–H and O–H groups in total. The topological polar surface area (TPSA) is 69.3 Å². The quantitative estimate of drug-likeness (QED) is 0.345. The minimum atomic E-state index is -0.245. The van der Waals surface area contributed by atoms with E-state index in [-0.39, 0.29) is 5.91 Å². The summed E-state index contributed by atoms with van der Waals surface area (Å²) in [6.07, 6.45) is 3.51. The van der Waals surface area contributed by atoms with E-state index in [0.717, 1.165) is 28.7 Å². The number of para-hydroxylation sites is 1. The van der Waals surface area contributed by atoms with Gasteiger partial charge >= 0.3 is 0 Å². The number of nitrogens with zero attached hydrogens (tertiary/aromatic N) is 1. The summed E-state index contributed by atoms with van der Waals surface area (Å²) >= 11 is 0. The first-order chi connectivity index (χ1) is 13.8. The normalized spacial score (nSPS) is 11.0. The molecule has 0 saturated heterocycles. The summed E-state index contributed by atoms with van der Waals surface area (Å²) in [4.78, 5) is 15.5. The molecule has 0 bridgehead atoms. The Hall–Kier alpha value is -3.86. The fourth-order valence-corrected chi connectivity index (χ4v) is 2.97. The highest BCUT2D eigenvalue weighted by Crippen LogP contribution is 2.15. The molecule has 1 amide bonds. The molecule has 0 atom stereocenters. The molecule has 5 nitrogen and oxygen atoms in total. The Balaban J connectivity index is 1.34. The van der Waals surface area contributed by atoms with E-state index in [1.165, 1.54) is 5.56 Å². The second-order valence-corrected chi connectivity index (χ2v) is 6.41. The van der Waals surface area contributed by atoms with Crippen molar-refractivity contribution in [3.05, 3.63) is 102 Å². The predicted molar refractivity (Wildman–Crippen MR) is 114 cm³/mol. The highest BCUT2D eigenvalue weighted by Gasteiger charge is 2.05.